The number of hydrogen-bond donors (Lipinski definition) is 1. The molecule has 0 aliphatic carbocycles. The zero-order chi connectivity index (χ0) is 12.3. The minimum absolute atomic E-state index is 0.0881. The summed E-state index contributed by atoms with van der Waals surface area (Å²) in [5.41, 5.74) is 4.63. The highest BCUT2D eigenvalue weighted by Crippen LogP contribution is 2.10. The van der Waals surface area contributed by atoms with Crippen LogP contribution >= 0.6 is 0 Å². The third-order valence-corrected chi connectivity index (χ3v) is 2.35. The molecule has 0 bridgehead atoms. The van der Waals surface area contributed by atoms with Crippen LogP contribution in [0.5, 0.6) is 0 Å². The van der Waals surface area contributed by atoms with Gasteiger partial charge in [-0.25, -0.2) is 9.59 Å². The largest absolute Gasteiger partial charge is 0.354 e. The van der Waals surface area contributed by atoms with Crippen LogP contribution in [0.3, 0.4) is 0 Å². The first kappa shape index (κ1) is 12.5. The number of rotatable bonds is 4. The van der Waals surface area contributed by atoms with Gasteiger partial charge in [0, 0.05) is 12.5 Å². The summed E-state index contributed by atoms with van der Waals surface area (Å²) in [4.78, 5) is 22.8. The van der Waals surface area contributed by atoms with Crippen LogP contribution < -0.4 is 11.4 Å². The monoisotopic (exact) mass is 226 g/mol. The number of carbonyl (C=O) groups excluding carboxylic acids is 1. The summed E-state index contributed by atoms with van der Waals surface area (Å²) < 4.78 is 2.25. The average Bonchev–Trinajstić information content (AvgIpc) is 2.53. The number of nitrogens with zero attached hydrogens (tertiary/aromatic N) is 3. The zero-order valence-electron chi connectivity index (χ0n) is 9.93. The van der Waals surface area contributed by atoms with Crippen molar-refractivity contribution in [1.82, 2.24) is 14.3 Å². The molecule has 1 amide bonds. The van der Waals surface area contributed by atoms with Crippen LogP contribution in [0, 0.1) is 0 Å². The molecule has 0 radical (unpaired) electrons. The van der Waals surface area contributed by atoms with E-state index in [9.17, 15) is 9.59 Å². The maximum Gasteiger partial charge on any atom is 0.354 e. The van der Waals surface area contributed by atoms with Crippen molar-refractivity contribution in [3.05, 3.63) is 16.3 Å². The minimum Gasteiger partial charge on any atom is -0.350 e. The highest BCUT2D eigenvalue weighted by molar-refractivity contribution is 5.73. The molecule has 6 heteroatoms. The van der Waals surface area contributed by atoms with Crippen LogP contribution in [-0.4, -0.2) is 20.4 Å². The van der Waals surface area contributed by atoms with Gasteiger partial charge in [-0.2, -0.15) is 0 Å². The number of amides is 1. The van der Waals surface area contributed by atoms with Gasteiger partial charge in [-0.1, -0.05) is 27.2 Å². The molecule has 0 aliphatic rings. The van der Waals surface area contributed by atoms with Gasteiger partial charge < -0.3 is 5.73 Å². The Kier molecular flexibility index (Phi) is 3.87. The van der Waals surface area contributed by atoms with Gasteiger partial charge in [0.05, 0.1) is 0 Å². The van der Waals surface area contributed by atoms with Crippen molar-refractivity contribution in [2.75, 3.05) is 0 Å². The lowest BCUT2D eigenvalue weighted by molar-refractivity contribution is 0.246. The molecule has 0 aromatic carbocycles. The molecular formula is C10H18N4O2. The van der Waals surface area contributed by atoms with E-state index in [2.05, 4.69) is 5.10 Å². The Morgan fingerprint density at radius 2 is 2.12 bits per heavy atom. The van der Waals surface area contributed by atoms with E-state index in [1.165, 1.54) is 4.57 Å². The second-order valence-corrected chi connectivity index (χ2v) is 4.05. The van der Waals surface area contributed by atoms with E-state index < -0.39 is 11.7 Å². The minimum atomic E-state index is -0.831. The lowest BCUT2D eigenvalue weighted by atomic mass is 10.2. The Morgan fingerprint density at radius 1 is 1.50 bits per heavy atom. The van der Waals surface area contributed by atoms with E-state index in [4.69, 9.17) is 5.73 Å². The molecule has 90 valence electrons. The first-order valence-corrected chi connectivity index (χ1v) is 5.48. The lowest BCUT2D eigenvalue weighted by Crippen LogP contribution is -2.33. The zero-order valence-corrected chi connectivity index (χ0v) is 9.93. The van der Waals surface area contributed by atoms with Gasteiger partial charge in [-0.3, -0.25) is 4.57 Å². The molecule has 0 aliphatic heterocycles. The van der Waals surface area contributed by atoms with Gasteiger partial charge in [0.15, 0.2) is 0 Å². The second-order valence-electron chi connectivity index (χ2n) is 4.05. The van der Waals surface area contributed by atoms with E-state index in [0.717, 1.165) is 17.5 Å². The first-order chi connectivity index (χ1) is 7.49. The van der Waals surface area contributed by atoms with Gasteiger partial charge >= 0.3 is 11.7 Å². The Bertz CT molecular complexity index is 431. The van der Waals surface area contributed by atoms with Crippen LogP contribution in [0.1, 0.15) is 45.4 Å². The van der Waals surface area contributed by atoms with Crippen molar-refractivity contribution >= 4 is 6.03 Å². The van der Waals surface area contributed by atoms with Crippen molar-refractivity contribution in [2.24, 2.45) is 5.73 Å². The summed E-state index contributed by atoms with van der Waals surface area (Å²) in [6.45, 7) is 6.47. The van der Waals surface area contributed by atoms with E-state index in [0.29, 0.717) is 12.4 Å². The van der Waals surface area contributed by atoms with Gasteiger partial charge in [0.1, 0.15) is 5.82 Å². The molecule has 0 fully saturated rings. The summed E-state index contributed by atoms with van der Waals surface area (Å²) in [7, 11) is 0. The third-order valence-electron chi connectivity index (χ3n) is 2.35. The molecule has 1 heterocycles. The molecule has 0 saturated carbocycles. The Labute approximate surface area is 94.1 Å². The molecule has 6 nitrogen and oxygen atoms in total. The number of nitrogens with two attached hydrogens (primary N) is 1. The SMILES string of the molecule is CCCCn1c(C(C)C)nn(C(N)=O)c1=O. The van der Waals surface area contributed by atoms with Crippen LogP contribution in [-0.2, 0) is 6.54 Å². The molecule has 0 atom stereocenters. The topological polar surface area (TPSA) is 82.9 Å². The number of unbranched alkanes of at least 4 members (excludes halogenated alkanes) is 1. The summed E-state index contributed by atoms with van der Waals surface area (Å²) in [5.74, 6) is 0.697. The molecule has 0 unspecified atom stereocenters. The molecule has 2 N–H and O–H groups in total. The maximum absolute atomic E-state index is 11.8. The summed E-state index contributed by atoms with van der Waals surface area (Å²) in [6, 6.07) is -0.831. The quantitative estimate of drug-likeness (QED) is 0.827. The predicted molar refractivity (Wildman–Crippen MR) is 60.5 cm³/mol. The predicted octanol–water partition coefficient (Wildman–Crippen LogP) is 0.895. The number of hydrogen-bond acceptors (Lipinski definition) is 3. The molecule has 1 aromatic heterocycles. The molecule has 1 rings (SSSR count). The molecule has 0 saturated heterocycles. The summed E-state index contributed by atoms with van der Waals surface area (Å²) in [6.07, 6.45) is 1.86. The highest BCUT2D eigenvalue weighted by Gasteiger charge is 2.17. The molecule has 16 heavy (non-hydrogen) atoms. The van der Waals surface area contributed by atoms with Crippen LogP contribution in [0.15, 0.2) is 4.79 Å². The average molecular weight is 226 g/mol. The van der Waals surface area contributed by atoms with Crippen LogP contribution in [0.2, 0.25) is 0 Å². The fourth-order valence-electron chi connectivity index (χ4n) is 1.51. The van der Waals surface area contributed by atoms with Crippen LogP contribution in [0.4, 0.5) is 4.79 Å². The molecule has 0 spiro atoms. The van der Waals surface area contributed by atoms with Gasteiger partial charge in [-0.05, 0) is 6.42 Å². The highest BCUT2D eigenvalue weighted by atomic mass is 16.2. The van der Waals surface area contributed by atoms with E-state index in [1.54, 1.807) is 0 Å². The Morgan fingerprint density at radius 3 is 2.56 bits per heavy atom. The second kappa shape index (κ2) is 4.96. The fraction of sp³-hybridized carbons (Fsp3) is 0.700. The summed E-state index contributed by atoms with van der Waals surface area (Å²) >= 11 is 0. The Hall–Kier alpha value is -1.59. The Balaban J connectivity index is 3.21. The van der Waals surface area contributed by atoms with Crippen molar-refractivity contribution in [3.8, 4) is 0 Å². The fourth-order valence-corrected chi connectivity index (χ4v) is 1.51. The van der Waals surface area contributed by atoms with Crippen molar-refractivity contribution < 1.29 is 4.79 Å². The van der Waals surface area contributed by atoms with Crippen molar-refractivity contribution in [3.63, 3.8) is 0 Å². The summed E-state index contributed by atoms with van der Waals surface area (Å²) in [5, 5.41) is 3.95. The van der Waals surface area contributed by atoms with Gasteiger partial charge in [-0.15, -0.1) is 9.78 Å². The lowest BCUT2D eigenvalue weighted by Gasteiger charge is -2.06. The van der Waals surface area contributed by atoms with Crippen molar-refractivity contribution in [2.45, 2.75) is 46.1 Å². The molecule has 1 aromatic rings. The van der Waals surface area contributed by atoms with Crippen molar-refractivity contribution in [1.29, 1.82) is 0 Å². The van der Waals surface area contributed by atoms with Gasteiger partial charge in [0.25, 0.3) is 0 Å². The van der Waals surface area contributed by atoms with Gasteiger partial charge in [0.2, 0.25) is 0 Å². The van der Waals surface area contributed by atoms with Crippen LogP contribution in [0.25, 0.3) is 0 Å². The smallest absolute Gasteiger partial charge is 0.350 e. The number of primary amides is 1. The normalized spacial score (nSPS) is 11.0. The number of aromatic nitrogens is 3. The third kappa shape index (κ3) is 2.32. The first-order valence-electron chi connectivity index (χ1n) is 5.48. The standard InChI is InChI=1S/C10H18N4O2/c1-4-5-6-13-8(7(2)3)12-14(9(11)15)10(13)16/h7H,4-6H2,1-3H3,(H2,11,15). The molecular weight excluding hydrogens is 208 g/mol. The maximum atomic E-state index is 11.8. The number of carbonyl (C=O) groups is 1. The van der Waals surface area contributed by atoms with E-state index >= 15 is 0 Å². The van der Waals surface area contributed by atoms with E-state index in [1.807, 2.05) is 20.8 Å². The van der Waals surface area contributed by atoms with E-state index in [-0.39, 0.29) is 5.92 Å².